The number of methoxy groups -OCH3 is 1. The standard InChI is InChI=1S/C22H33N5O2S.HI/c1-7-15(2)25-20(28)18-10-8-9-17(11-18)12-24-22(23-4)27(5)13-19-14-30-21(26-19)16(3)29-6;/h8-11,14-16H,7,12-13H2,1-6H3,(H,23,24)(H,25,28);1H. The number of guanidine groups is 1. The fourth-order valence-electron chi connectivity index (χ4n) is 2.80. The van der Waals surface area contributed by atoms with E-state index >= 15 is 0 Å². The first kappa shape index (κ1) is 27.3. The summed E-state index contributed by atoms with van der Waals surface area (Å²) in [5, 5.41) is 9.38. The molecule has 1 amide bonds. The number of aromatic nitrogens is 1. The lowest BCUT2D eigenvalue weighted by Crippen LogP contribution is -2.38. The molecule has 1 aromatic carbocycles. The fraction of sp³-hybridized carbons (Fsp3) is 0.500. The summed E-state index contributed by atoms with van der Waals surface area (Å²) in [5.74, 6) is 0.719. The van der Waals surface area contributed by atoms with Gasteiger partial charge in [-0.05, 0) is 38.0 Å². The van der Waals surface area contributed by atoms with Gasteiger partial charge in [0.2, 0.25) is 0 Å². The van der Waals surface area contributed by atoms with E-state index in [4.69, 9.17) is 4.74 Å². The Hall–Kier alpha value is -1.72. The van der Waals surface area contributed by atoms with Gasteiger partial charge < -0.3 is 20.3 Å². The lowest BCUT2D eigenvalue weighted by Gasteiger charge is -2.21. The van der Waals surface area contributed by atoms with E-state index in [2.05, 4.69) is 27.5 Å². The molecule has 0 bridgehead atoms. The average Bonchev–Trinajstić information content (AvgIpc) is 3.22. The summed E-state index contributed by atoms with van der Waals surface area (Å²) < 4.78 is 5.33. The van der Waals surface area contributed by atoms with Crippen LogP contribution in [0, 0.1) is 0 Å². The Kier molecular flexibility index (Phi) is 12.0. The van der Waals surface area contributed by atoms with Gasteiger partial charge in [0.1, 0.15) is 11.1 Å². The number of ether oxygens (including phenoxy) is 1. The quantitative estimate of drug-likeness (QED) is 0.274. The SMILES string of the molecule is CCC(C)NC(=O)c1cccc(CNC(=NC)N(C)Cc2csc(C(C)OC)n2)c1.I. The number of hydrogen-bond acceptors (Lipinski definition) is 5. The van der Waals surface area contributed by atoms with Gasteiger partial charge in [-0.2, -0.15) is 0 Å². The second kappa shape index (κ2) is 13.6. The molecule has 172 valence electrons. The van der Waals surface area contributed by atoms with E-state index in [1.165, 1.54) is 0 Å². The molecular weight excluding hydrogens is 525 g/mol. The first-order valence-electron chi connectivity index (χ1n) is 10.2. The maximum Gasteiger partial charge on any atom is 0.251 e. The molecule has 0 fully saturated rings. The Balaban J connectivity index is 0.00000480. The maximum atomic E-state index is 12.4. The molecule has 9 heteroatoms. The van der Waals surface area contributed by atoms with Crippen LogP contribution >= 0.6 is 35.3 Å². The van der Waals surface area contributed by atoms with E-state index in [0.29, 0.717) is 18.7 Å². The van der Waals surface area contributed by atoms with Crippen molar-refractivity contribution in [3.05, 3.63) is 51.5 Å². The largest absolute Gasteiger partial charge is 0.375 e. The Morgan fingerprint density at radius 1 is 1.35 bits per heavy atom. The zero-order valence-corrected chi connectivity index (χ0v) is 22.3. The summed E-state index contributed by atoms with van der Waals surface area (Å²) in [4.78, 5) is 23.4. The van der Waals surface area contributed by atoms with Crippen LogP contribution in [0.5, 0.6) is 0 Å². The molecule has 0 radical (unpaired) electrons. The summed E-state index contributed by atoms with van der Waals surface area (Å²) >= 11 is 1.60. The number of carbonyl (C=O) groups is 1. The molecule has 1 aromatic heterocycles. The van der Waals surface area contributed by atoms with Crippen LogP contribution in [0.15, 0.2) is 34.6 Å². The Morgan fingerprint density at radius 2 is 2.10 bits per heavy atom. The second-order valence-corrected chi connectivity index (χ2v) is 8.18. The summed E-state index contributed by atoms with van der Waals surface area (Å²) in [6, 6.07) is 7.81. The van der Waals surface area contributed by atoms with Crippen molar-refractivity contribution in [3.63, 3.8) is 0 Å². The predicted molar refractivity (Wildman–Crippen MR) is 138 cm³/mol. The lowest BCUT2D eigenvalue weighted by molar-refractivity contribution is 0.0939. The van der Waals surface area contributed by atoms with Gasteiger partial charge >= 0.3 is 0 Å². The van der Waals surface area contributed by atoms with E-state index < -0.39 is 0 Å². The first-order valence-corrected chi connectivity index (χ1v) is 11.0. The van der Waals surface area contributed by atoms with Crippen LogP contribution in [0.2, 0.25) is 0 Å². The number of thiazole rings is 1. The number of amides is 1. The third-order valence-electron chi connectivity index (χ3n) is 4.87. The minimum Gasteiger partial charge on any atom is -0.375 e. The zero-order chi connectivity index (χ0) is 22.1. The van der Waals surface area contributed by atoms with Gasteiger partial charge in [0.05, 0.1) is 12.2 Å². The highest BCUT2D eigenvalue weighted by Crippen LogP contribution is 2.21. The second-order valence-electron chi connectivity index (χ2n) is 7.29. The van der Waals surface area contributed by atoms with Crippen LogP contribution in [0.1, 0.15) is 59.9 Å². The van der Waals surface area contributed by atoms with E-state index in [-0.39, 0.29) is 42.0 Å². The molecule has 0 saturated carbocycles. The molecule has 7 nitrogen and oxygen atoms in total. The minimum atomic E-state index is -0.0441. The minimum absolute atomic E-state index is 0. The molecule has 2 atom stereocenters. The molecule has 2 rings (SSSR count). The normalized spacial score (nSPS) is 13.2. The average molecular weight is 560 g/mol. The van der Waals surface area contributed by atoms with E-state index in [0.717, 1.165) is 28.6 Å². The zero-order valence-electron chi connectivity index (χ0n) is 19.1. The first-order chi connectivity index (χ1) is 14.4. The third kappa shape index (κ3) is 8.38. The molecule has 0 aliphatic heterocycles. The molecule has 31 heavy (non-hydrogen) atoms. The molecule has 0 saturated heterocycles. The highest BCUT2D eigenvalue weighted by atomic mass is 127. The highest BCUT2D eigenvalue weighted by molar-refractivity contribution is 14.0. The topological polar surface area (TPSA) is 78.9 Å². The molecule has 2 N–H and O–H groups in total. The van der Waals surface area contributed by atoms with Gasteiger partial charge in [-0.3, -0.25) is 9.79 Å². The summed E-state index contributed by atoms with van der Waals surface area (Å²) in [6.07, 6.45) is 0.900. The van der Waals surface area contributed by atoms with Gasteiger partial charge in [-0.1, -0.05) is 19.1 Å². The van der Waals surface area contributed by atoms with Gasteiger partial charge in [0.15, 0.2) is 5.96 Å². The van der Waals surface area contributed by atoms with Crippen LogP contribution in [0.3, 0.4) is 0 Å². The van der Waals surface area contributed by atoms with Crippen LogP contribution in [-0.4, -0.2) is 49.0 Å². The van der Waals surface area contributed by atoms with Crippen molar-refractivity contribution < 1.29 is 9.53 Å². The predicted octanol–water partition coefficient (Wildman–Crippen LogP) is 4.20. The Bertz CT molecular complexity index is 858. The van der Waals surface area contributed by atoms with Crippen molar-refractivity contribution in [2.24, 2.45) is 4.99 Å². The van der Waals surface area contributed by atoms with E-state index in [1.807, 2.05) is 55.4 Å². The van der Waals surface area contributed by atoms with Crippen LogP contribution in [0.4, 0.5) is 0 Å². The van der Waals surface area contributed by atoms with Crippen molar-refractivity contribution in [3.8, 4) is 0 Å². The van der Waals surface area contributed by atoms with E-state index in [9.17, 15) is 4.79 Å². The molecule has 0 aliphatic carbocycles. The molecule has 1 heterocycles. The fourth-order valence-corrected chi connectivity index (χ4v) is 3.64. The van der Waals surface area contributed by atoms with Gasteiger partial charge in [0.25, 0.3) is 5.91 Å². The number of benzene rings is 1. The lowest BCUT2D eigenvalue weighted by atomic mass is 10.1. The molecule has 2 aromatic rings. The third-order valence-corrected chi connectivity index (χ3v) is 5.93. The molecular formula is C22H34IN5O2S. The van der Waals surface area contributed by atoms with Gasteiger partial charge in [0, 0.05) is 44.7 Å². The smallest absolute Gasteiger partial charge is 0.251 e. The highest BCUT2D eigenvalue weighted by Gasteiger charge is 2.13. The Morgan fingerprint density at radius 3 is 2.74 bits per heavy atom. The number of rotatable bonds is 9. The maximum absolute atomic E-state index is 12.4. The summed E-state index contributed by atoms with van der Waals surface area (Å²) in [7, 11) is 5.42. The molecule has 2 unspecified atom stereocenters. The number of nitrogens with zero attached hydrogens (tertiary/aromatic N) is 3. The van der Waals surface area contributed by atoms with Crippen LogP contribution in [0.25, 0.3) is 0 Å². The number of hydrogen-bond donors (Lipinski definition) is 2. The van der Waals surface area contributed by atoms with Crippen molar-refractivity contribution in [2.45, 2.75) is 52.4 Å². The van der Waals surface area contributed by atoms with Crippen molar-refractivity contribution in [1.82, 2.24) is 20.5 Å². The van der Waals surface area contributed by atoms with Crippen molar-refractivity contribution in [2.75, 3.05) is 21.2 Å². The molecule has 0 aliphatic rings. The monoisotopic (exact) mass is 559 g/mol. The number of halogens is 1. The van der Waals surface area contributed by atoms with Crippen molar-refractivity contribution >= 4 is 47.2 Å². The summed E-state index contributed by atoms with van der Waals surface area (Å²) in [5.41, 5.74) is 2.67. The van der Waals surface area contributed by atoms with E-state index in [1.54, 1.807) is 25.5 Å². The van der Waals surface area contributed by atoms with Crippen LogP contribution in [-0.2, 0) is 17.8 Å². The van der Waals surface area contributed by atoms with Crippen LogP contribution < -0.4 is 10.6 Å². The number of aliphatic imine (C=N–C) groups is 1. The number of nitrogens with one attached hydrogen (secondary N) is 2. The number of carbonyl (C=O) groups excluding carboxylic acids is 1. The Labute approximate surface area is 206 Å². The van der Waals surface area contributed by atoms with Crippen molar-refractivity contribution in [1.29, 1.82) is 0 Å². The van der Waals surface area contributed by atoms with Gasteiger partial charge in [-0.15, -0.1) is 35.3 Å². The summed E-state index contributed by atoms with van der Waals surface area (Å²) in [6.45, 7) is 7.26. The van der Waals surface area contributed by atoms with Gasteiger partial charge in [-0.25, -0.2) is 4.98 Å². The molecule has 0 spiro atoms.